The van der Waals surface area contributed by atoms with Crippen molar-refractivity contribution in [2.24, 2.45) is 5.92 Å². The van der Waals surface area contributed by atoms with Crippen LogP contribution in [-0.4, -0.2) is 28.2 Å². The third-order valence-electron chi connectivity index (χ3n) is 3.15. The minimum atomic E-state index is 0.273. The quantitative estimate of drug-likeness (QED) is 0.839. The number of fused-ring (bicyclic) bond motifs is 1. The summed E-state index contributed by atoms with van der Waals surface area (Å²) < 4.78 is 5.58. The van der Waals surface area contributed by atoms with E-state index in [2.05, 4.69) is 28.8 Å². The average Bonchev–Trinajstić information content (AvgIpc) is 2.82. The molecule has 0 unspecified atom stereocenters. The van der Waals surface area contributed by atoms with Crippen molar-refractivity contribution < 1.29 is 4.74 Å². The summed E-state index contributed by atoms with van der Waals surface area (Å²) in [6.45, 7) is 7.82. The Morgan fingerprint density at radius 3 is 2.89 bits per heavy atom. The van der Waals surface area contributed by atoms with Crippen molar-refractivity contribution in [3.63, 3.8) is 0 Å². The molecule has 0 aliphatic heterocycles. The summed E-state index contributed by atoms with van der Waals surface area (Å²) in [4.78, 5) is 11.8. The smallest absolute Gasteiger partial charge is 0.151 e. The maximum Gasteiger partial charge on any atom is 0.151 e. The molecule has 3 N–H and O–H groups in total. The van der Waals surface area contributed by atoms with Crippen molar-refractivity contribution in [3.8, 4) is 0 Å². The molecule has 104 valence electrons. The normalized spacial score (nSPS) is 13.3. The highest BCUT2D eigenvalue weighted by molar-refractivity contribution is 5.84. The molecule has 5 heteroatoms. The number of ether oxygens (including phenoxy) is 1. The zero-order valence-electron chi connectivity index (χ0n) is 11.8. The summed E-state index contributed by atoms with van der Waals surface area (Å²) in [5.41, 5.74) is 8.62. The molecule has 2 heterocycles. The molecule has 0 aliphatic rings. The Labute approximate surface area is 113 Å². The summed E-state index contributed by atoms with van der Waals surface area (Å²) in [5, 5.41) is 0. The molecule has 0 saturated heterocycles. The molecule has 0 bridgehead atoms. The van der Waals surface area contributed by atoms with Gasteiger partial charge in [-0.3, -0.25) is 0 Å². The van der Waals surface area contributed by atoms with E-state index in [0.29, 0.717) is 18.3 Å². The van der Waals surface area contributed by atoms with Gasteiger partial charge >= 0.3 is 0 Å². The number of H-pyrrole nitrogens is 1. The Bertz CT molecular complexity index is 535. The number of rotatable bonds is 6. The second-order valence-corrected chi connectivity index (χ2v) is 5.22. The molecule has 0 fully saturated rings. The Balaban J connectivity index is 2.31. The molecule has 2 aromatic rings. The molecule has 0 aliphatic carbocycles. The minimum absolute atomic E-state index is 0.273. The minimum Gasteiger partial charge on any atom is -0.382 e. The monoisotopic (exact) mass is 262 g/mol. The highest BCUT2D eigenvalue weighted by Gasteiger charge is 2.17. The van der Waals surface area contributed by atoms with Crippen LogP contribution in [0.25, 0.3) is 11.0 Å². The predicted molar refractivity (Wildman–Crippen MR) is 77.0 cm³/mol. The van der Waals surface area contributed by atoms with Crippen LogP contribution < -0.4 is 5.73 Å². The van der Waals surface area contributed by atoms with E-state index in [1.165, 1.54) is 0 Å². The van der Waals surface area contributed by atoms with Crippen molar-refractivity contribution in [2.45, 2.75) is 33.1 Å². The number of nitrogens with zero attached hydrogens (tertiary/aromatic N) is 2. The number of anilines is 1. The van der Waals surface area contributed by atoms with Gasteiger partial charge in [-0.1, -0.05) is 13.8 Å². The summed E-state index contributed by atoms with van der Waals surface area (Å²) in [6.07, 6.45) is 2.68. The number of hydrogen-bond acceptors (Lipinski definition) is 4. The highest BCUT2D eigenvalue weighted by Crippen LogP contribution is 2.26. The first-order chi connectivity index (χ1) is 9.11. The van der Waals surface area contributed by atoms with E-state index in [0.717, 1.165) is 29.8 Å². The lowest BCUT2D eigenvalue weighted by atomic mass is 9.94. The zero-order valence-corrected chi connectivity index (χ0v) is 11.8. The number of hydrogen-bond donors (Lipinski definition) is 2. The van der Waals surface area contributed by atoms with Crippen LogP contribution in [0.15, 0.2) is 12.4 Å². The van der Waals surface area contributed by atoms with Crippen LogP contribution in [-0.2, 0) is 4.74 Å². The average molecular weight is 262 g/mol. The summed E-state index contributed by atoms with van der Waals surface area (Å²) in [7, 11) is 0. The molecule has 0 spiro atoms. The van der Waals surface area contributed by atoms with Gasteiger partial charge in [0.2, 0.25) is 0 Å². The molecule has 19 heavy (non-hydrogen) atoms. The third kappa shape index (κ3) is 3.23. The topological polar surface area (TPSA) is 76.8 Å². The number of nitrogen functional groups attached to an aromatic ring is 1. The van der Waals surface area contributed by atoms with Gasteiger partial charge in [0.15, 0.2) is 5.82 Å². The van der Waals surface area contributed by atoms with Gasteiger partial charge in [-0.05, 0) is 25.3 Å². The van der Waals surface area contributed by atoms with Crippen LogP contribution in [0.2, 0.25) is 0 Å². The van der Waals surface area contributed by atoms with Crippen molar-refractivity contribution in [1.82, 2.24) is 15.0 Å². The number of nitrogens with two attached hydrogens (primary N) is 1. The largest absolute Gasteiger partial charge is 0.382 e. The lowest BCUT2D eigenvalue weighted by molar-refractivity contribution is 0.125. The van der Waals surface area contributed by atoms with Crippen LogP contribution in [0.5, 0.6) is 0 Å². The van der Waals surface area contributed by atoms with Gasteiger partial charge in [-0.25, -0.2) is 9.97 Å². The first-order valence-corrected chi connectivity index (χ1v) is 6.79. The lowest BCUT2D eigenvalue weighted by Crippen LogP contribution is -2.13. The van der Waals surface area contributed by atoms with Gasteiger partial charge in [0, 0.05) is 12.5 Å². The summed E-state index contributed by atoms with van der Waals surface area (Å²) in [5.74, 6) is 1.35. The van der Waals surface area contributed by atoms with E-state index in [4.69, 9.17) is 10.5 Å². The first kappa shape index (κ1) is 13.8. The van der Waals surface area contributed by atoms with Crippen molar-refractivity contribution in [3.05, 3.63) is 18.1 Å². The summed E-state index contributed by atoms with van der Waals surface area (Å²) >= 11 is 0. The van der Waals surface area contributed by atoms with Crippen LogP contribution in [0.3, 0.4) is 0 Å². The standard InChI is InChI=1S/C14H22N4O/c1-4-19-7-10(5-9(2)3)11-6-12-13(14(15)18-11)17-8-16-12/h6,8-10H,4-5,7H2,1-3H3,(H2,15,18)(H,16,17)/t10-/m0/s1. The van der Waals surface area contributed by atoms with Gasteiger partial charge in [-0.15, -0.1) is 0 Å². The third-order valence-corrected chi connectivity index (χ3v) is 3.15. The van der Waals surface area contributed by atoms with Crippen LogP contribution in [0.4, 0.5) is 5.82 Å². The van der Waals surface area contributed by atoms with Gasteiger partial charge in [0.25, 0.3) is 0 Å². The van der Waals surface area contributed by atoms with Gasteiger partial charge in [0.1, 0.15) is 5.52 Å². The van der Waals surface area contributed by atoms with Crippen molar-refractivity contribution >= 4 is 16.9 Å². The van der Waals surface area contributed by atoms with E-state index in [9.17, 15) is 0 Å². The Morgan fingerprint density at radius 2 is 2.21 bits per heavy atom. The number of pyridine rings is 1. The Hall–Kier alpha value is -1.62. The second-order valence-electron chi connectivity index (χ2n) is 5.22. The van der Waals surface area contributed by atoms with Crippen LogP contribution >= 0.6 is 0 Å². The molecule has 0 amide bonds. The van der Waals surface area contributed by atoms with E-state index >= 15 is 0 Å². The molecule has 2 aromatic heterocycles. The van der Waals surface area contributed by atoms with Crippen LogP contribution in [0, 0.1) is 5.92 Å². The molecule has 1 atom stereocenters. The molecule has 2 rings (SSSR count). The predicted octanol–water partition coefficient (Wildman–Crippen LogP) is 2.71. The first-order valence-electron chi connectivity index (χ1n) is 6.79. The fourth-order valence-corrected chi connectivity index (χ4v) is 2.30. The number of aromatic nitrogens is 3. The fraction of sp³-hybridized carbons (Fsp3) is 0.571. The summed E-state index contributed by atoms with van der Waals surface area (Å²) in [6, 6.07) is 2.03. The molecule has 0 radical (unpaired) electrons. The van der Waals surface area contributed by atoms with E-state index in [1.54, 1.807) is 6.33 Å². The molecule has 0 saturated carbocycles. The zero-order chi connectivity index (χ0) is 13.8. The fourth-order valence-electron chi connectivity index (χ4n) is 2.30. The Kier molecular flexibility index (Phi) is 4.37. The molecular weight excluding hydrogens is 240 g/mol. The van der Waals surface area contributed by atoms with Crippen LogP contribution in [0.1, 0.15) is 38.8 Å². The molecular formula is C14H22N4O. The maximum absolute atomic E-state index is 5.96. The maximum atomic E-state index is 5.96. The van der Waals surface area contributed by atoms with Gasteiger partial charge in [0.05, 0.1) is 24.1 Å². The lowest BCUT2D eigenvalue weighted by Gasteiger charge is -2.18. The SMILES string of the molecule is CCOC[C@H](CC(C)C)c1cc2[nH]cnc2c(N)n1. The van der Waals surface area contributed by atoms with E-state index < -0.39 is 0 Å². The number of imidazole rings is 1. The highest BCUT2D eigenvalue weighted by atomic mass is 16.5. The second kappa shape index (κ2) is 6.02. The van der Waals surface area contributed by atoms with Crippen molar-refractivity contribution in [2.75, 3.05) is 18.9 Å². The molecule has 5 nitrogen and oxygen atoms in total. The number of aromatic amines is 1. The van der Waals surface area contributed by atoms with E-state index in [1.807, 2.05) is 13.0 Å². The van der Waals surface area contributed by atoms with Crippen molar-refractivity contribution in [1.29, 1.82) is 0 Å². The molecule has 0 aromatic carbocycles. The number of nitrogens with one attached hydrogen (secondary N) is 1. The van der Waals surface area contributed by atoms with E-state index in [-0.39, 0.29) is 5.92 Å². The Morgan fingerprint density at radius 1 is 1.42 bits per heavy atom. The van der Waals surface area contributed by atoms with Gasteiger partial charge < -0.3 is 15.5 Å². The van der Waals surface area contributed by atoms with Gasteiger partial charge in [-0.2, -0.15) is 0 Å².